The zero-order chi connectivity index (χ0) is 11.1. The van der Waals surface area contributed by atoms with Crippen LogP contribution in [0.15, 0.2) is 0 Å². The van der Waals surface area contributed by atoms with E-state index < -0.39 is 0 Å². The number of ether oxygens (including phenoxy) is 1. The summed E-state index contributed by atoms with van der Waals surface area (Å²) in [5, 5.41) is 12.1. The molecule has 0 aromatic carbocycles. The number of nitrogens with one attached hydrogen (secondary N) is 1. The number of rotatable bonds is 6. The first-order valence-electron chi connectivity index (χ1n) is 5.39. The highest BCUT2D eigenvalue weighted by Crippen LogP contribution is 2.16. The van der Waals surface area contributed by atoms with Crippen molar-refractivity contribution < 1.29 is 14.6 Å². The number of nitrogens with zero attached hydrogens (tertiary/aromatic N) is 1. The van der Waals surface area contributed by atoms with Gasteiger partial charge >= 0.3 is 0 Å². The topological polar surface area (TPSA) is 61.8 Å². The van der Waals surface area contributed by atoms with Crippen molar-refractivity contribution in [2.45, 2.75) is 18.9 Å². The van der Waals surface area contributed by atoms with Crippen molar-refractivity contribution in [2.75, 3.05) is 40.0 Å². The minimum Gasteiger partial charge on any atom is -0.394 e. The normalized spacial score (nSPS) is 20.9. The van der Waals surface area contributed by atoms with Gasteiger partial charge in [0.2, 0.25) is 5.91 Å². The molecule has 0 aliphatic carbocycles. The second kappa shape index (κ2) is 6.76. The Balaban J connectivity index is 2.21. The number of hydrogen-bond donors (Lipinski definition) is 2. The molecule has 15 heavy (non-hydrogen) atoms. The third-order valence-electron chi connectivity index (χ3n) is 2.67. The monoisotopic (exact) mass is 216 g/mol. The summed E-state index contributed by atoms with van der Waals surface area (Å²) in [6, 6.07) is 0.0294. The number of amides is 1. The van der Waals surface area contributed by atoms with Gasteiger partial charge in [0.15, 0.2) is 0 Å². The number of carbonyl (C=O) groups excluding carboxylic acids is 1. The van der Waals surface area contributed by atoms with E-state index in [-0.39, 0.29) is 18.6 Å². The smallest absolute Gasteiger partial charge is 0.236 e. The van der Waals surface area contributed by atoms with E-state index >= 15 is 0 Å². The maximum Gasteiger partial charge on any atom is 0.236 e. The summed E-state index contributed by atoms with van der Waals surface area (Å²) in [7, 11) is 1.63. The van der Waals surface area contributed by atoms with Crippen LogP contribution in [0.4, 0.5) is 0 Å². The molecule has 1 amide bonds. The molecule has 1 aliphatic heterocycles. The number of hydrogen-bond acceptors (Lipinski definition) is 4. The molecule has 0 aromatic heterocycles. The van der Waals surface area contributed by atoms with Gasteiger partial charge in [-0.25, -0.2) is 0 Å². The highest BCUT2D eigenvalue weighted by molar-refractivity contribution is 5.78. The summed E-state index contributed by atoms with van der Waals surface area (Å²) in [4.78, 5) is 13.5. The Morgan fingerprint density at radius 3 is 3.13 bits per heavy atom. The summed E-state index contributed by atoms with van der Waals surface area (Å²) >= 11 is 0. The van der Waals surface area contributed by atoms with Crippen molar-refractivity contribution in [3.8, 4) is 0 Å². The highest BCUT2D eigenvalue weighted by Gasteiger charge is 2.27. The molecular weight excluding hydrogens is 196 g/mol. The predicted molar refractivity (Wildman–Crippen MR) is 56.6 cm³/mol. The molecule has 2 N–H and O–H groups in total. The quantitative estimate of drug-likeness (QED) is 0.571. The van der Waals surface area contributed by atoms with Gasteiger partial charge in [-0.2, -0.15) is 0 Å². The molecule has 1 aliphatic rings. The molecule has 1 unspecified atom stereocenters. The largest absolute Gasteiger partial charge is 0.394 e. The van der Waals surface area contributed by atoms with Crippen LogP contribution in [-0.2, 0) is 9.53 Å². The van der Waals surface area contributed by atoms with E-state index in [4.69, 9.17) is 9.84 Å². The van der Waals surface area contributed by atoms with Gasteiger partial charge < -0.3 is 20.1 Å². The third kappa shape index (κ3) is 3.77. The Hall–Kier alpha value is -0.650. The van der Waals surface area contributed by atoms with Crippen molar-refractivity contribution in [3.63, 3.8) is 0 Å². The molecule has 0 aromatic rings. The van der Waals surface area contributed by atoms with Crippen molar-refractivity contribution in [1.82, 2.24) is 10.2 Å². The fraction of sp³-hybridized carbons (Fsp3) is 0.900. The molecule has 1 atom stereocenters. The lowest BCUT2D eigenvalue weighted by Crippen LogP contribution is -2.43. The van der Waals surface area contributed by atoms with Crippen molar-refractivity contribution >= 4 is 5.91 Å². The van der Waals surface area contributed by atoms with Crippen LogP contribution in [0, 0.1) is 0 Å². The molecule has 1 heterocycles. The minimum absolute atomic E-state index is 0.0294. The van der Waals surface area contributed by atoms with Crippen molar-refractivity contribution in [3.05, 3.63) is 0 Å². The Labute approximate surface area is 90.4 Å². The van der Waals surface area contributed by atoms with Crippen molar-refractivity contribution in [2.24, 2.45) is 0 Å². The Morgan fingerprint density at radius 1 is 1.67 bits per heavy atom. The number of likely N-dealkylation sites (tertiary alicyclic amines) is 1. The SMILES string of the molecule is COCCNCC(=O)N1CCCC1CO. The predicted octanol–water partition coefficient (Wildman–Crippen LogP) is -0.794. The van der Waals surface area contributed by atoms with Gasteiger partial charge in [0.1, 0.15) is 0 Å². The first-order chi connectivity index (χ1) is 7.29. The van der Waals surface area contributed by atoms with E-state index in [2.05, 4.69) is 5.32 Å². The zero-order valence-electron chi connectivity index (χ0n) is 9.24. The van der Waals surface area contributed by atoms with E-state index in [0.717, 1.165) is 19.4 Å². The third-order valence-corrected chi connectivity index (χ3v) is 2.67. The molecule has 0 radical (unpaired) electrons. The van der Waals surface area contributed by atoms with Crippen molar-refractivity contribution in [1.29, 1.82) is 0 Å². The number of aliphatic hydroxyl groups excluding tert-OH is 1. The van der Waals surface area contributed by atoms with E-state index in [1.807, 2.05) is 0 Å². The Bertz CT molecular complexity index is 199. The molecule has 0 spiro atoms. The van der Waals surface area contributed by atoms with Gasteiger partial charge in [0.25, 0.3) is 0 Å². The lowest BCUT2D eigenvalue weighted by molar-refractivity contribution is -0.131. The lowest BCUT2D eigenvalue weighted by Gasteiger charge is -2.23. The second-order valence-corrected chi connectivity index (χ2v) is 3.74. The van der Waals surface area contributed by atoms with Crippen LogP contribution in [0.1, 0.15) is 12.8 Å². The average Bonchev–Trinajstić information content (AvgIpc) is 2.72. The van der Waals surface area contributed by atoms with Crippen LogP contribution in [0.25, 0.3) is 0 Å². The van der Waals surface area contributed by atoms with Gasteiger partial charge in [0, 0.05) is 20.2 Å². The molecule has 5 heteroatoms. The lowest BCUT2D eigenvalue weighted by atomic mass is 10.2. The van der Waals surface area contributed by atoms with Crippen LogP contribution >= 0.6 is 0 Å². The fourth-order valence-corrected chi connectivity index (χ4v) is 1.82. The van der Waals surface area contributed by atoms with E-state index in [9.17, 15) is 4.79 Å². The van der Waals surface area contributed by atoms with Crippen LogP contribution < -0.4 is 5.32 Å². The fourth-order valence-electron chi connectivity index (χ4n) is 1.82. The van der Waals surface area contributed by atoms with Crippen LogP contribution in [-0.4, -0.2) is 61.9 Å². The Kier molecular flexibility index (Phi) is 5.60. The van der Waals surface area contributed by atoms with E-state index in [0.29, 0.717) is 19.7 Å². The zero-order valence-corrected chi connectivity index (χ0v) is 9.24. The molecule has 0 bridgehead atoms. The van der Waals surface area contributed by atoms with E-state index in [1.165, 1.54) is 0 Å². The van der Waals surface area contributed by atoms with Gasteiger partial charge in [-0.3, -0.25) is 4.79 Å². The maximum atomic E-state index is 11.7. The molecular formula is C10H20N2O3. The second-order valence-electron chi connectivity index (χ2n) is 3.74. The molecule has 88 valence electrons. The summed E-state index contributed by atoms with van der Waals surface area (Å²) < 4.78 is 4.86. The van der Waals surface area contributed by atoms with Crippen LogP contribution in [0.5, 0.6) is 0 Å². The highest BCUT2D eigenvalue weighted by atomic mass is 16.5. The first kappa shape index (κ1) is 12.4. The summed E-state index contributed by atoms with van der Waals surface area (Å²) in [5.74, 6) is 0.0719. The first-order valence-corrected chi connectivity index (χ1v) is 5.39. The molecule has 1 saturated heterocycles. The number of aliphatic hydroxyl groups is 1. The molecule has 0 saturated carbocycles. The minimum atomic E-state index is 0.0294. The standard InChI is InChI=1S/C10H20N2O3/c1-15-6-4-11-7-10(14)12-5-2-3-9(12)8-13/h9,11,13H,2-8H2,1H3. The number of carbonyl (C=O) groups is 1. The number of methoxy groups -OCH3 is 1. The van der Waals surface area contributed by atoms with Crippen LogP contribution in [0.3, 0.4) is 0 Å². The summed E-state index contributed by atoms with van der Waals surface area (Å²) in [5.41, 5.74) is 0. The Morgan fingerprint density at radius 2 is 2.47 bits per heavy atom. The maximum absolute atomic E-state index is 11.7. The molecule has 5 nitrogen and oxygen atoms in total. The van der Waals surface area contributed by atoms with Gasteiger partial charge in [-0.1, -0.05) is 0 Å². The van der Waals surface area contributed by atoms with Gasteiger partial charge in [-0.15, -0.1) is 0 Å². The van der Waals surface area contributed by atoms with Crippen LogP contribution in [0.2, 0.25) is 0 Å². The average molecular weight is 216 g/mol. The molecule has 1 fully saturated rings. The van der Waals surface area contributed by atoms with E-state index in [1.54, 1.807) is 12.0 Å². The summed E-state index contributed by atoms with van der Waals surface area (Å²) in [6.07, 6.45) is 1.91. The summed E-state index contributed by atoms with van der Waals surface area (Å²) in [6.45, 7) is 2.47. The molecule has 1 rings (SSSR count). The van der Waals surface area contributed by atoms with Gasteiger partial charge in [0.05, 0.1) is 25.8 Å². The van der Waals surface area contributed by atoms with Gasteiger partial charge in [-0.05, 0) is 12.8 Å².